The van der Waals surface area contributed by atoms with Gasteiger partial charge in [-0.1, -0.05) is 73.7 Å². The van der Waals surface area contributed by atoms with Crippen molar-refractivity contribution < 1.29 is 22.7 Å². The molecule has 40 heavy (non-hydrogen) atoms. The van der Waals surface area contributed by atoms with Crippen LogP contribution in [0.3, 0.4) is 0 Å². The Labute approximate surface area is 237 Å². The average molecular weight is 565 g/mol. The quantitative estimate of drug-likeness (QED) is 0.482. The maximum Gasteiger partial charge on any atom is 0.247 e. The van der Waals surface area contributed by atoms with Crippen LogP contribution in [-0.2, 0) is 36.2 Å². The molecule has 3 aliphatic rings. The van der Waals surface area contributed by atoms with Gasteiger partial charge in [-0.25, -0.2) is 8.42 Å². The molecule has 7 nitrogen and oxygen atoms in total. The van der Waals surface area contributed by atoms with Crippen LogP contribution < -0.4 is 5.32 Å². The normalized spacial score (nSPS) is 24.4. The second-order valence-corrected chi connectivity index (χ2v) is 14.1. The number of piperidine rings is 1. The second kappa shape index (κ2) is 11.9. The largest absolute Gasteiger partial charge is 0.374 e. The van der Waals surface area contributed by atoms with Crippen molar-refractivity contribution in [1.29, 1.82) is 0 Å². The molecule has 0 aromatic heterocycles. The van der Waals surface area contributed by atoms with Crippen LogP contribution in [0.1, 0.15) is 61.0 Å². The Balaban J connectivity index is 1.28. The van der Waals surface area contributed by atoms with Gasteiger partial charge >= 0.3 is 0 Å². The summed E-state index contributed by atoms with van der Waals surface area (Å²) in [7, 11) is -3.25. The summed E-state index contributed by atoms with van der Waals surface area (Å²) in [5.74, 6) is -0.109. The van der Waals surface area contributed by atoms with Crippen molar-refractivity contribution in [2.75, 3.05) is 26.0 Å². The van der Waals surface area contributed by atoms with Crippen LogP contribution in [0.4, 0.5) is 0 Å². The van der Waals surface area contributed by atoms with Gasteiger partial charge in [-0.3, -0.25) is 9.59 Å². The first-order valence-corrected chi connectivity index (χ1v) is 16.3. The SMILES string of the molecule is CC1CC=CC(C(=O)N[C@H](COCc2ccccc2)C(=O)N2CCC3(CC2)CC(S(C)(=O)=O)c2ccccc23)C1. The number of rotatable bonds is 8. The number of ether oxygens (including phenoxy) is 1. The van der Waals surface area contributed by atoms with Crippen LogP contribution in [0.25, 0.3) is 0 Å². The summed E-state index contributed by atoms with van der Waals surface area (Å²) in [4.78, 5) is 28.8. The highest BCUT2D eigenvalue weighted by Crippen LogP contribution is 2.53. The summed E-state index contributed by atoms with van der Waals surface area (Å²) in [5.41, 5.74) is 2.75. The fraction of sp³-hybridized carbons (Fsp3) is 0.500. The van der Waals surface area contributed by atoms with E-state index in [4.69, 9.17) is 4.74 Å². The first kappa shape index (κ1) is 28.6. The van der Waals surface area contributed by atoms with Crippen molar-refractivity contribution in [1.82, 2.24) is 10.2 Å². The van der Waals surface area contributed by atoms with Crippen LogP contribution in [0, 0.1) is 11.8 Å². The summed E-state index contributed by atoms with van der Waals surface area (Å²) in [6.45, 7) is 3.60. The average Bonchev–Trinajstić information content (AvgIpc) is 3.27. The zero-order valence-corrected chi connectivity index (χ0v) is 24.2. The first-order valence-electron chi connectivity index (χ1n) is 14.3. The highest BCUT2D eigenvalue weighted by molar-refractivity contribution is 7.90. The molecular weight excluding hydrogens is 524 g/mol. The van der Waals surface area contributed by atoms with Crippen LogP contribution in [0.15, 0.2) is 66.7 Å². The van der Waals surface area contributed by atoms with E-state index in [0.717, 1.165) is 29.5 Å². The number of sulfone groups is 1. The van der Waals surface area contributed by atoms with Crippen molar-refractivity contribution >= 4 is 21.7 Å². The number of carbonyl (C=O) groups excluding carboxylic acids is 2. The Hall–Kier alpha value is -2.97. The lowest BCUT2D eigenvalue weighted by Gasteiger charge is -2.41. The van der Waals surface area contributed by atoms with E-state index < -0.39 is 21.1 Å². The topological polar surface area (TPSA) is 92.8 Å². The van der Waals surface area contributed by atoms with E-state index in [-0.39, 0.29) is 29.8 Å². The number of carbonyl (C=O) groups is 2. The van der Waals surface area contributed by atoms with Crippen LogP contribution in [0.2, 0.25) is 0 Å². The molecule has 3 unspecified atom stereocenters. The molecule has 0 bridgehead atoms. The smallest absolute Gasteiger partial charge is 0.247 e. The Bertz CT molecular complexity index is 1350. The van der Waals surface area contributed by atoms with Crippen molar-refractivity contribution in [3.8, 4) is 0 Å². The maximum atomic E-state index is 13.8. The van der Waals surface area contributed by atoms with Crippen molar-refractivity contribution in [3.63, 3.8) is 0 Å². The molecule has 2 aromatic carbocycles. The van der Waals surface area contributed by atoms with Crippen molar-refractivity contribution in [2.45, 2.75) is 62.3 Å². The minimum atomic E-state index is -3.25. The molecular formula is C32H40N2O5S. The number of hydrogen-bond donors (Lipinski definition) is 1. The fourth-order valence-corrected chi connectivity index (χ4v) is 7.96. The van der Waals surface area contributed by atoms with Gasteiger partial charge in [0.1, 0.15) is 6.04 Å². The number of nitrogens with zero attached hydrogens (tertiary/aromatic N) is 1. The molecule has 2 aliphatic carbocycles. The molecule has 4 atom stereocenters. The van der Waals surface area contributed by atoms with E-state index in [9.17, 15) is 18.0 Å². The molecule has 5 rings (SSSR count). The highest BCUT2D eigenvalue weighted by atomic mass is 32.2. The van der Waals surface area contributed by atoms with Gasteiger partial charge in [-0.15, -0.1) is 0 Å². The number of allylic oxidation sites excluding steroid dienone is 1. The lowest BCUT2D eigenvalue weighted by molar-refractivity contribution is -0.140. The molecule has 1 heterocycles. The van der Waals surface area contributed by atoms with Crippen molar-refractivity contribution in [2.24, 2.45) is 11.8 Å². The molecule has 1 fully saturated rings. The van der Waals surface area contributed by atoms with Gasteiger partial charge < -0.3 is 15.0 Å². The van der Waals surface area contributed by atoms with Crippen LogP contribution >= 0.6 is 0 Å². The number of nitrogens with one attached hydrogen (secondary N) is 1. The number of benzene rings is 2. The highest BCUT2D eigenvalue weighted by Gasteiger charge is 2.49. The summed E-state index contributed by atoms with van der Waals surface area (Å²) >= 11 is 0. The number of likely N-dealkylation sites (tertiary alicyclic amines) is 1. The van der Waals surface area contributed by atoms with Crippen molar-refractivity contribution in [3.05, 3.63) is 83.4 Å². The fourth-order valence-electron chi connectivity index (χ4n) is 6.67. The second-order valence-electron chi connectivity index (χ2n) is 11.9. The summed E-state index contributed by atoms with van der Waals surface area (Å²) in [6, 6.07) is 16.8. The van der Waals surface area contributed by atoms with Gasteiger partial charge in [0.05, 0.1) is 24.4 Å². The first-order chi connectivity index (χ1) is 19.2. The van der Waals surface area contributed by atoms with E-state index in [1.54, 1.807) is 0 Å². The Kier molecular flexibility index (Phi) is 8.47. The number of hydrogen-bond acceptors (Lipinski definition) is 5. The van der Waals surface area contributed by atoms with Crippen LogP contribution in [-0.4, -0.2) is 57.1 Å². The maximum absolute atomic E-state index is 13.8. The summed E-state index contributed by atoms with van der Waals surface area (Å²) in [5, 5.41) is 2.50. The lowest BCUT2D eigenvalue weighted by atomic mass is 9.74. The van der Waals surface area contributed by atoms with Crippen LogP contribution in [0.5, 0.6) is 0 Å². The Morgan fingerprint density at radius 3 is 2.48 bits per heavy atom. The number of amides is 2. The minimum absolute atomic E-state index is 0.0894. The molecule has 214 valence electrons. The molecule has 8 heteroatoms. The van der Waals surface area contributed by atoms with Gasteiger partial charge in [0, 0.05) is 24.8 Å². The lowest BCUT2D eigenvalue weighted by Crippen LogP contribution is -2.55. The predicted octanol–water partition coefficient (Wildman–Crippen LogP) is 4.34. The number of fused-ring (bicyclic) bond motifs is 2. The molecule has 1 saturated heterocycles. The Morgan fingerprint density at radius 1 is 1.07 bits per heavy atom. The molecule has 1 aliphatic heterocycles. The third kappa shape index (κ3) is 6.18. The van der Waals surface area contributed by atoms with E-state index in [2.05, 4.69) is 24.4 Å². The van der Waals surface area contributed by atoms with Gasteiger partial charge in [0.15, 0.2) is 9.84 Å². The zero-order chi connectivity index (χ0) is 28.3. The molecule has 1 spiro atoms. The standard InChI is InChI=1S/C32H40N2O5S/c1-23-9-8-12-25(19-23)30(35)33-28(22-39-21-24-10-4-3-5-11-24)31(36)34-17-15-32(16-18-34)20-29(40(2,37)38)26-13-6-7-14-27(26)32/h3-8,10-14,23,25,28-29H,9,15-22H2,1-2H3,(H,33,35)/t23?,25?,28-,29?/m1/s1. The Morgan fingerprint density at radius 2 is 1.77 bits per heavy atom. The minimum Gasteiger partial charge on any atom is -0.374 e. The molecule has 2 aromatic rings. The molecule has 2 amide bonds. The zero-order valence-electron chi connectivity index (χ0n) is 23.4. The summed E-state index contributed by atoms with van der Waals surface area (Å²) < 4.78 is 31.2. The third-order valence-electron chi connectivity index (χ3n) is 8.91. The van der Waals surface area contributed by atoms with Gasteiger partial charge in [0.2, 0.25) is 11.8 Å². The molecule has 0 radical (unpaired) electrons. The van der Waals surface area contributed by atoms with Gasteiger partial charge in [0.25, 0.3) is 0 Å². The van der Waals surface area contributed by atoms with E-state index in [0.29, 0.717) is 44.9 Å². The van der Waals surface area contributed by atoms with E-state index in [1.165, 1.54) is 6.26 Å². The molecule has 1 N–H and O–H groups in total. The molecule has 0 saturated carbocycles. The predicted molar refractivity (Wildman–Crippen MR) is 155 cm³/mol. The monoisotopic (exact) mass is 564 g/mol. The summed E-state index contributed by atoms with van der Waals surface area (Å²) in [6.07, 6.45) is 8.98. The van der Waals surface area contributed by atoms with E-state index in [1.807, 2.05) is 59.5 Å². The third-order valence-corrected chi connectivity index (χ3v) is 10.4. The van der Waals surface area contributed by atoms with Gasteiger partial charge in [-0.2, -0.15) is 0 Å². The van der Waals surface area contributed by atoms with Gasteiger partial charge in [-0.05, 0) is 54.7 Å². The van der Waals surface area contributed by atoms with E-state index >= 15 is 0 Å².